The van der Waals surface area contributed by atoms with E-state index in [4.69, 9.17) is 0 Å². The van der Waals surface area contributed by atoms with Crippen molar-refractivity contribution in [3.63, 3.8) is 0 Å². The number of carbonyl (C=O) groups is 1. The van der Waals surface area contributed by atoms with E-state index in [2.05, 4.69) is 33.5 Å². The molecule has 2 atom stereocenters. The first-order valence-electron chi connectivity index (χ1n) is 5.44. The molecule has 1 aromatic carbocycles. The van der Waals surface area contributed by atoms with Crippen molar-refractivity contribution >= 4 is 27.5 Å². The van der Waals surface area contributed by atoms with Crippen molar-refractivity contribution in [3.8, 4) is 0 Å². The van der Waals surface area contributed by atoms with Crippen LogP contribution in [-0.2, 0) is 4.79 Å². The first-order chi connectivity index (χ1) is 7.66. The molecule has 0 heterocycles. The number of para-hydroxylation sites is 1. The van der Waals surface area contributed by atoms with Crippen LogP contribution in [0, 0.1) is 5.92 Å². The molecule has 16 heavy (non-hydrogen) atoms. The lowest BCUT2D eigenvalue weighted by Crippen LogP contribution is -2.30. The molecule has 0 radical (unpaired) electrons. The fourth-order valence-electron chi connectivity index (χ4n) is 1.59. The number of carbonyl (C=O) groups excluding carboxylic acids is 1. The van der Waals surface area contributed by atoms with E-state index in [1.165, 1.54) is 6.42 Å². The van der Waals surface area contributed by atoms with E-state index >= 15 is 0 Å². The molecule has 1 amide bonds. The molecule has 1 saturated carbocycles. The van der Waals surface area contributed by atoms with Crippen LogP contribution in [0.4, 0.5) is 5.69 Å². The minimum absolute atomic E-state index is 0.00556. The number of rotatable bonds is 4. The van der Waals surface area contributed by atoms with Crippen LogP contribution in [-0.4, -0.2) is 18.5 Å². The average molecular weight is 283 g/mol. The molecule has 1 aliphatic rings. The van der Waals surface area contributed by atoms with Gasteiger partial charge in [-0.1, -0.05) is 19.1 Å². The largest absolute Gasteiger partial charge is 0.324 e. The Morgan fingerprint density at radius 3 is 2.81 bits per heavy atom. The van der Waals surface area contributed by atoms with Gasteiger partial charge in [-0.05, 0) is 40.4 Å². The lowest BCUT2D eigenvalue weighted by Gasteiger charge is -2.07. The molecule has 2 N–H and O–H groups in total. The zero-order chi connectivity index (χ0) is 11.5. The van der Waals surface area contributed by atoms with Gasteiger partial charge in [0.15, 0.2) is 0 Å². The van der Waals surface area contributed by atoms with E-state index in [1.54, 1.807) is 0 Å². The molecule has 0 aliphatic heterocycles. The Labute approximate surface area is 104 Å². The van der Waals surface area contributed by atoms with Crippen molar-refractivity contribution < 1.29 is 4.79 Å². The Kier molecular flexibility index (Phi) is 3.61. The van der Waals surface area contributed by atoms with Gasteiger partial charge in [0.1, 0.15) is 0 Å². The van der Waals surface area contributed by atoms with Gasteiger partial charge >= 0.3 is 0 Å². The van der Waals surface area contributed by atoms with Gasteiger partial charge < -0.3 is 10.6 Å². The number of hydrogen-bond acceptors (Lipinski definition) is 2. The number of halogens is 1. The lowest BCUT2D eigenvalue weighted by atomic mass is 10.3. The summed E-state index contributed by atoms with van der Waals surface area (Å²) in [6.45, 7) is 2.57. The van der Waals surface area contributed by atoms with Crippen LogP contribution in [0.3, 0.4) is 0 Å². The third-order valence-electron chi connectivity index (χ3n) is 2.78. The standard InChI is InChI=1S/C12H15BrN2O/c1-8-6-11(8)14-7-12(16)15-10-5-3-2-4-9(10)13/h2-5,8,11,14H,6-7H2,1H3,(H,15,16). The van der Waals surface area contributed by atoms with Crippen LogP contribution >= 0.6 is 15.9 Å². The van der Waals surface area contributed by atoms with E-state index in [9.17, 15) is 4.79 Å². The third-order valence-corrected chi connectivity index (χ3v) is 3.47. The van der Waals surface area contributed by atoms with Crippen LogP contribution in [0.1, 0.15) is 13.3 Å². The Hall–Kier alpha value is -0.870. The molecule has 0 aromatic heterocycles. The number of benzene rings is 1. The minimum atomic E-state index is 0.00556. The van der Waals surface area contributed by atoms with Crippen LogP contribution in [0.5, 0.6) is 0 Å². The average Bonchev–Trinajstić information content (AvgIpc) is 2.95. The molecule has 4 heteroatoms. The van der Waals surface area contributed by atoms with E-state index < -0.39 is 0 Å². The van der Waals surface area contributed by atoms with Crippen LogP contribution in [0.2, 0.25) is 0 Å². The molecular formula is C12H15BrN2O. The molecule has 86 valence electrons. The molecule has 1 aromatic rings. The van der Waals surface area contributed by atoms with Crippen molar-refractivity contribution in [2.75, 3.05) is 11.9 Å². The summed E-state index contributed by atoms with van der Waals surface area (Å²) >= 11 is 3.39. The zero-order valence-corrected chi connectivity index (χ0v) is 10.8. The molecular weight excluding hydrogens is 268 g/mol. The summed E-state index contributed by atoms with van der Waals surface area (Å²) in [4.78, 5) is 11.6. The lowest BCUT2D eigenvalue weighted by molar-refractivity contribution is -0.115. The molecule has 3 nitrogen and oxygen atoms in total. The summed E-state index contributed by atoms with van der Waals surface area (Å²) in [5.41, 5.74) is 0.818. The maximum atomic E-state index is 11.6. The Bertz CT molecular complexity index is 394. The third kappa shape index (κ3) is 3.06. The fraction of sp³-hybridized carbons (Fsp3) is 0.417. The van der Waals surface area contributed by atoms with Crippen molar-refractivity contribution in [3.05, 3.63) is 28.7 Å². The van der Waals surface area contributed by atoms with Crippen LogP contribution < -0.4 is 10.6 Å². The molecule has 2 unspecified atom stereocenters. The van der Waals surface area contributed by atoms with Gasteiger partial charge in [-0.2, -0.15) is 0 Å². The van der Waals surface area contributed by atoms with Gasteiger partial charge in [0, 0.05) is 10.5 Å². The quantitative estimate of drug-likeness (QED) is 0.890. The Balaban J connectivity index is 1.80. The normalized spacial score (nSPS) is 22.9. The number of hydrogen-bond donors (Lipinski definition) is 2. The monoisotopic (exact) mass is 282 g/mol. The molecule has 1 fully saturated rings. The highest BCUT2D eigenvalue weighted by molar-refractivity contribution is 9.10. The second-order valence-electron chi connectivity index (χ2n) is 4.23. The second-order valence-corrected chi connectivity index (χ2v) is 5.08. The van der Waals surface area contributed by atoms with Gasteiger partial charge in [-0.3, -0.25) is 4.79 Å². The molecule has 2 rings (SSSR count). The van der Waals surface area contributed by atoms with Crippen molar-refractivity contribution in [2.24, 2.45) is 5.92 Å². The maximum Gasteiger partial charge on any atom is 0.238 e. The van der Waals surface area contributed by atoms with Crippen molar-refractivity contribution in [1.29, 1.82) is 0 Å². The second kappa shape index (κ2) is 4.97. The number of amides is 1. The van der Waals surface area contributed by atoms with E-state index in [0.717, 1.165) is 16.1 Å². The van der Waals surface area contributed by atoms with Gasteiger partial charge in [-0.15, -0.1) is 0 Å². The van der Waals surface area contributed by atoms with E-state index in [1.807, 2.05) is 24.3 Å². The van der Waals surface area contributed by atoms with Crippen LogP contribution in [0.25, 0.3) is 0 Å². The predicted octanol–water partition coefficient (Wildman–Crippen LogP) is 2.39. The number of nitrogens with one attached hydrogen (secondary N) is 2. The smallest absolute Gasteiger partial charge is 0.238 e. The van der Waals surface area contributed by atoms with Crippen molar-refractivity contribution in [2.45, 2.75) is 19.4 Å². The zero-order valence-electron chi connectivity index (χ0n) is 9.16. The Morgan fingerprint density at radius 1 is 1.50 bits per heavy atom. The topological polar surface area (TPSA) is 41.1 Å². The van der Waals surface area contributed by atoms with Gasteiger partial charge in [0.2, 0.25) is 5.91 Å². The maximum absolute atomic E-state index is 11.6. The Morgan fingerprint density at radius 2 is 2.19 bits per heavy atom. The molecule has 1 aliphatic carbocycles. The molecule has 0 bridgehead atoms. The first kappa shape index (κ1) is 11.6. The highest BCUT2D eigenvalue weighted by atomic mass is 79.9. The fourth-order valence-corrected chi connectivity index (χ4v) is 1.97. The summed E-state index contributed by atoms with van der Waals surface area (Å²) < 4.78 is 0.906. The van der Waals surface area contributed by atoms with Crippen LogP contribution in [0.15, 0.2) is 28.7 Å². The summed E-state index contributed by atoms with van der Waals surface area (Å²) in [5.74, 6) is 0.724. The first-order valence-corrected chi connectivity index (χ1v) is 6.24. The van der Waals surface area contributed by atoms with E-state index in [0.29, 0.717) is 12.6 Å². The predicted molar refractivity (Wildman–Crippen MR) is 68.3 cm³/mol. The highest BCUT2D eigenvalue weighted by Gasteiger charge is 2.32. The van der Waals surface area contributed by atoms with Gasteiger partial charge in [0.05, 0.1) is 12.2 Å². The minimum Gasteiger partial charge on any atom is -0.324 e. The summed E-state index contributed by atoms with van der Waals surface area (Å²) in [5, 5.41) is 6.08. The van der Waals surface area contributed by atoms with Gasteiger partial charge in [-0.25, -0.2) is 0 Å². The summed E-state index contributed by atoms with van der Waals surface area (Å²) in [6.07, 6.45) is 1.18. The van der Waals surface area contributed by atoms with Crippen molar-refractivity contribution in [1.82, 2.24) is 5.32 Å². The summed E-state index contributed by atoms with van der Waals surface area (Å²) in [7, 11) is 0. The highest BCUT2D eigenvalue weighted by Crippen LogP contribution is 2.28. The van der Waals surface area contributed by atoms with E-state index in [-0.39, 0.29) is 5.91 Å². The number of anilines is 1. The molecule has 0 spiro atoms. The molecule has 0 saturated heterocycles. The van der Waals surface area contributed by atoms with Gasteiger partial charge in [0.25, 0.3) is 0 Å². The summed E-state index contributed by atoms with van der Waals surface area (Å²) in [6, 6.07) is 8.14. The SMILES string of the molecule is CC1CC1NCC(=O)Nc1ccccc1Br.